The third-order valence-corrected chi connectivity index (χ3v) is 4.54. The van der Waals surface area contributed by atoms with Crippen LogP contribution < -0.4 is 5.32 Å². The van der Waals surface area contributed by atoms with E-state index < -0.39 is 0 Å². The Morgan fingerprint density at radius 1 is 1.43 bits per heavy atom. The van der Waals surface area contributed by atoms with E-state index in [1.54, 1.807) is 0 Å². The van der Waals surface area contributed by atoms with E-state index >= 15 is 0 Å². The summed E-state index contributed by atoms with van der Waals surface area (Å²) in [4.78, 5) is 12.0. The van der Waals surface area contributed by atoms with Crippen LogP contribution in [0, 0.1) is 12.8 Å². The SMILES string of the molecule is CCNC(=O)Cn1c2c(c3cc(C)ccc31)CC(C)CC2. The van der Waals surface area contributed by atoms with E-state index in [0.717, 1.165) is 18.8 Å². The zero-order chi connectivity index (χ0) is 15.0. The minimum atomic E-state index is 0.108. The first-order chi connectivity index (χ1) is 10.1. The van der Waals surface area contributed by atoms with Crippen LogP contribution in [0.5, 0.6) is 0 Å². The maximum absolute atomic E-state index is 12.0. The second-order valence-corrected chi connectivity index (χ2v) is 6.33. The number of aromatic nitrogens is 1. The Labute approximate surface area is 126 Å². The maximum atomic E-state index is 12.0. The molecule has 3 nitrogen and oxygen atoms in total. The highest BCUT2D eigenvalue weighted by Crippen LogP contribution is 2.34. The van der Waals surface area contributed by atoms with Gasteiger partial charge in [0, 0.05) is 23.1 Å². The molecule has 1 atom stereocenters. The van der Waals surface area contributed by atoms with Gasteiger partial charge in [0.2, 0.25) is 5.91 Å². The highest BCUT2D eigenvalue weighted by molar-refractivity contribution is 5.88. The molecule has 1 heterocycles. The summed E-state index contributed by atoms with van der Waals surface area (Å²) in [6, 6.07) is 6.60. The molecule has 21 heavy (non-hydrogen) atoms. The molecule has 1 aliphatic rings. The van der Waals surface area contributed by atoms with Crippen LogP contribution in [-0.4, -0.2) is 17.0 Å². The van der Waals surface area contributed by atoms with E-state index in [9.17, 15) is 4.79 Å². The van der Waals surface area contributed by atoms with Crippen molar-refractivity contribution in [3.05, 3.63) is 35.0 Å². The van der Waals surface area contributed by atoms with E-state index in [1.165, 1.54) is 34.1 Å². The van der Waals surface area contributed by atoms with Gasteiger partial charge in [-0.3, -0.25) is 4.79 Å². The van der Waals surface area contributed by atoms with Gasteiger partial charge in [0.25, 0.3) is 0 Å². The van der Waals surface area contributed by atoms with E-state index in [-0.39, 0.29) is 5.91 Å². The number of aryl methyl sites for hydroxylation is 1. The molecule has 0 saturated carbocycles. The van der Waals surface area contributed by atoms with Crippen LogP contribution in [0.2, 0.25) is 0 Å². The maximum Gasteiger partial charge on any atom is 0.239 e. The average Bonchev–Trinajstić information content (AvgIpc) is 2.72. The molecule has 1 N–H and O–H groups in total. The van der Waals surface area contributed by atoms with Crippen molar-refractivity contribution in [1.29, 1.82) is 0 Å². The molecule has 1 unspecified atom stereocenters. The molecular formula is C18H24N2O. The van der Waals surface area contributed by atoms with Gasteiger partial charge in [-0.15, -0.1) is 0 Å². The number of carbonyl (C=O) groups excluding carboxylic acids is 1. The summed E-state index contributed by atoms with van der Waals surface area (Å²) in [7, 11) is 0. The average molecular weight is 284 g/mol. The van der Waals surface area contributed by atoms with E-state index in [2.05, 4.69) is 41.9 Å². The minimum absolute atomic E-state index is 0.108. The van der Waals surface area contributed by atoms with Gasteiger partial charge in [0.05, 0.1) is 0 Å². The monoisotopic (exact) mass is 284 g/mol. The molecule has 1 aliphatic carbocycles. The minimum Gasteiger partial charge on any atom is -0.355 e. The van der Waals surface area contributed by atoms with Crippen LogP contribution in [0.1, 0.15) is 37.1 Å². The van der Waals surface area contributed by atoms with Crippen LogP contribution in [-0.2, 0) is 24.2 Å². The number of nitrogens with zero attached hydrogens (tertiary/aromatic N) is 1. The molecule has 112 valence electrons. The number of carbonyl (C=O) groups is 1. The van der Waals surface area contributed by atoms with Crippen LogP contribution in [0.4, 0.5) is 0 Å². The summed E-state index contributed by atoms with van der Waals surface area (Å²) in [6.07, 6.45) is 3.44. The molecule has 1 aromatic carbocycles. The van der Waals surface area contributed by atoms with E-state index in [0.29, 0.717) is 13.1 Å². The third-order valence-electron chi connectivity index (χ3n) is 4.54. The molecule has 0 fully saturated rings. The first kappa shape index (κ1) is 14.2. The lowest BCUT2D eigenvalue weighted by Crippen LogP contribution is -2.28. The Hall–Kier alpha value is -1.77. The fourth-order valence-electron chi connectivity index (χ4n) is 3.52. The summed E-state index contributed by atoms with van der Waals surface area (Å²) in [5.74, 6) is 0.845. The molecular weight excluding hydrogens is 260 g/mol. The second kappa shape index (κ2) is 5.55. The van der Waals surface area contributed by atoms with Crippen LogP contribution in [0.3, 0.4) is 0 Å². The van der Waals surface area contributed by atoms with Crippen molar-refractivity contribution in [2.75, 3.05) is 6.54 Å². The fourth-order valence-corrected chi connectivity index (χ4v) is 3.52. The molecule has 3 rings (SSSR count). The number of rotatable bonds is 3. The zero-order valence-electron chi connectivity index (χ0n) is 13.2. The summed E-state index contributed by atoms with van der Waals surface area (Å²) in [6.45, 7) is 7.56. The van der Waals surface area contributed by atoms with Crippen molar-refractivity contribution in [3.8, 4) is 0 Å². The molecule has 0 aliphatic heterocycles. The lowest BCUT2D eigenvalue weighted by molar-refractivity contribution is -0.121. The van der Waals surface area contributed by atoms with Gasteiger partial charge < -0.3 is 9.88 Å². The molecule has 2 aromatic rings. The Balaban J connectivity index is 2.12. The number of benzene rings is 1. The van der Waals surface area contributed by atoms with Gasteiger partial charge in [0.1, 0.15) is 6.54 Å². The summed E-state index contributed by atoms with van der Waals surface area (Å²) in [5.41, 5.74) is 5.35. The number of hydrogen-bond acceptors (Lipinski definition) is 1. The van der Waals surface area contributed by atoms with Crippen molar-refractivity contribution in [2.24, 2.45) is 5.92 Å². The van der Waals surface area contributed by atoms with Crippen molar-refractivity contribution < 1.29 is 4.79 Å². The first-order valence-electron chi connectivity index (χ1n) is 7.97. The Kier molecular flexibility index (Phi) is 3.75. The lowest BCUT2D eigenvalue weighted by Gasteiger charge is -2.20. The van der Waals surface area contributed by atoms with Gasteiger partial charge in [-0.1, -0.05) is 18.6 Å². The molecule has 3 heteroatoms. The molecule has 0 radical (unpaired) electrons. The number of likely N-dealkylation sites (N-methyl/N-ethyl adjacent to an activating group) is 1. The predicted molar refractivity (Wildman–Crippen MR) is 86.5 cm³/mol. The van der Waals surface area contributed by atoms with Gasteiger partial charge in [-0.05, 0) is 56.7 Å². The topological polar surface area (TPSA) is 34.0 Å². The quantitative estimate of drug-likeness (QED) is 0.922. The Morgan fingerprint density at radius 2 is 2.24 bits per heavy atom. The summed E-state index contributed by atoms with van der Waals surface area (Å²) < 4.78 is 2.24. The van der Waals surface area contributed by atoms with Gasteiger partial charge in [-0.2, -0.15) is 0 Å². The van der Waals surface area contributed by atoms with E-state index in [4.69, 9.17) is 0 Å². The van der Waals surface area contributed by atoms with Gasteiger partial charge >= 0.3 is 0 Å². The van der Waals surface area contributed by atoms with Gasteiger partial charge in [-0.25, -0.2) is 0 Å². The van der Waals surface area contributed by atoms with Crippen LogP contribution in [0.15, 0.2) is 18.2 Å². The largest absolute Gasteiger partial charge is 0.355 e. The smallest absolute Gasteiger partial charge is 0.239 e. The van der Waals surface area contributed by atoms with Crippen LogP contribution in [0.25, 0.3) is 10.9 Å². The van der Waals surface area contributed by atoms with Crippen LogP contribution >= 0.6 is 0 Å². The Bertz CT molecular complexity index is 684. The third kappa shape index (κ3) is 2.57. The molecule has 0 saturated heterocycles. The summed E-state index contributed by atoms with van der Waals surface area (Å²) in [5, 5.41) is 4.26. The molecule has 0 bridgehead atoms. The highest BCUT2D eigenvalue weighted by atomic mass is 16.1. The number of amides is 1. The van der Waals surface area contributed by atoms with Crippen molar-refractivity contribution in [2.45, 2.75) is 46.6 Å². The van der Waals surface area contributed by atoms with Crippen molar-refractivity contribution in [1.82, 2.24) is 9.88 Å². The van der Waals surface area contributed by atoms with Crippen molar-refractivity contribution in [3.63, 3.8) is 0 Å². The first-order valence-corrected chi connectivity index (χ1v) is 7.97. The molecule has 0 spiro atoms. The number of fused-ring (bicyclic) bond motifs is 3. The zero-order valence-corrected chi connectivity index (χ0v) is 13.2. The summed E-state index contributed by atoms with van der Waals surface area (Å²) >= 11 is 0. The van der Waals surface area contributed by atoms with E-state index in [1.807, 2.05) is 6.92 Å². The second-order valence-electron chi connectivity index (χ2n) is 6.33. The number of hydrogen-bond donors (Lipinski definition) is 1. The van der Waals surface area contributed by atoms with Crippen molar-refractivity contribution >= 4 is 16.8 Å². The predicted octanol–water partition coefficient (Wildman–Crippen LogP) is 3.21. The number of nitrogens with one attached hydrogen (secondary N) is 1. The van der Waals surface area contributed by atoms with Gasteiger partial charge in [0.15, 0.2) is 0 Å². The lowest BCUT2D eigenvalue weighted by atomic mass is 9.87. The Morgan fingerprint density at radius 3 is 3.00 bits per heavy atom. The molecule has 1 amide bonds. The standard InChI is InChI=1S/C18H24N2O/c1-4-19-18(21)11-20-16-7-5-12(2)9-14(16)15-10-13(3)6-8-17(15)20/h5,7,9,13H,4,6,8,10-11H2,1-3H3,(H,19,21). The highest BCUT2D eigenvalue weighted by Gasteiger charge is 2.24. The normalized spacial score (nSPS) is 17.8. The fraction of sp³-hybridized carbons (Fsp3) is 0.500. The molecule has 1 aromatic heterocycles.